The zero-order valence-corrected chi connectivity index (χ0v) is 10.8. The minimum Gasteiger partial charge on any atom is -0.396 e. The Morgan fingerprint density at radius 2 is 1.88 bits per heavy atom. The largest absolute Gasteiger partial charge is 0.396 e. The van der Waals surface area contributed by atoms with Gasteiger partial charge in [-0.2, -0.15) is 0 Å². The Morgan fingerprint density at radius 1 is 1.31 bits per heavy atom. The molecule has 16 heavy (non-hydrogen) atoms. The van der Waals surface area contributed by atoms with Crippen LogP contribution in [0.4, 0.5) is 0 Å². The van der Waals surface area contributed by atoms with E-state index in [0.29, 0.717) is 23.2 Å². The van der Waals surface area contributed by atoms with Crippen molar-refractivity contribution in [3.63, 3.8) is 0 Å². The van der Waals surface area contributed by atoms with Gasteiger partial charge < -0.3 is 10.0 Å². The van der Waals surface area contributed by atoms with Crippen LogP contribution >= 0.6 is 0 Å². The van der Waals surface area contributed by atoms with E-state index in [1.54, 1.807) is 0 Å². The van der Waals surface area contributed by atoms with Crippen molar-refractivity contribution in [2.75, 3.05) is 19.7 Å². The molecule has 1 saturated carbocycles. The van der Waals surface area contributed by atoms with Crippen LogP contribution in [0.15, 0.2) is 0 Å². The second-order valence-electron chi connectivity index (χ2n) is 6.55. The molecule has 2 fully saturated rings. The van der Waals surface area contributed by atoms with E-state index in [1.165, 1.54) is 0 Å². The lowest BCUT2D eigenvalue weighted by Crippen LogP contribution is -2.29. The van der Waals surface area contributed by atoms with Gasteiger partial charge in [-0.1, -0.05) is 27.7 Å². The number of aliphatic hydroxyl groups is 1. The van der Waals surface area contributed by atoms with Gasteiger partial charge in [0.1, 0.15) is 0 Å². The number of aliphatic hydroxyl groups excluding tert-OH is 1. The highest BCUT2D eigenvalue weighted by Crippen LogP contribution is 2.68. The maximum Gasteiger partial charge on any atom is 0.223 e. The van der Waals surface area contributed by atoms with Gasteiger partial charge in [0.2, 0.25) is 5.91 Å². The number of hydrogen-bond donors (Lipinski definition) is 1. The summed E-state index contributed by atoms with van der Waals surface area (Å²) in [5.74, 6) is 0.983. The van der Waals surface area contributed by atoms with E-state index in [9.17, 15) is 4.79 Å². The number of rotatable bonds is 3. The predicted molar refractivity (Wildman–Crippen MR) is 62.8 cm³/mol. The van der Waals surface area contributed by atoms with Gasteiger partial charge in [0, 0.05) is 32.0 Å². The van der Waals surface area contributed by atoms with Crippen molar-refractivity contribution >= 4 is 5.91 Å². The number of hydrogen-bond acceptors (Lipinski definition) is 2. The van der Waals surface area contributed by atoms with Crippen molar-refractivity contribution in [3.8, 4) is 0 Å². The van der Waals surface area contributed by atoms with Gasteiger partial charge in [0.15, 0.2) is 0 Å². The van der Waals surface area contributed by atoms with Crippen LogP contribution in [0.3, 0.4) is 0 Å². The van der Waals surface area contributed by atoms with E-state index in [-0.39, 0.29) is 18.4 Å². The molecular weight excluding hydrogens is 202 g/mol. The molecule has 3 nitrogen and oxygen atoms in total. The molecule has 0 aromatic carbocycles. The van der Waals surface area contributed by atoms with Crippen molar-refractivity contribution in [2.45, 2.75) is 34.1 Å². The molecule has 1 unspecified atom stereocenters. The Balaban J connectivity index is 1.95. The number of nitrogens with zero attached hydrogens (tertiary/aromatic N) is 1. The molecule has 3 heteroatoms. The molecule has 1 heterocycles. The number of amides is 1. The Labute approximate surface area is 97.8 Å². The maximum atomic E-state index is 11.7. The predicted octanol–water partition coefficient (Wildman–Crippen LogP) is 1.51. The highest BCUT2D eigenvalue weighted by Gasteiger charge is 2.64. The van der Waals surface area contributed by atoms with E-state index in [4.69, 9.17) is 5.11 Å². The van der Waals surface area contributed by atoms with Crippen LogP contribution in [0.1, 0.15) is 34.1 Å². The quantitative estimate of drug-likeness (QED) is 0.791. The Morgan fingerprint density at radius 3 is 2.25 bits per heavy atom. The molecule has 0 radical (unpaired) electrons. The normalized spacial score (nSPS) is 32.2. The number of likely N-dealkylation sites (tertiary alicyclic amines) is 1. The molecule has 1 amide bonds. The van der Waals surface area contributed by atoms with Gasteiger partial charge in [-0.05, 0) is 16.7 Å². The van der Waals surface area contributed by atoms with E-state index in [2.05, 4.69) is 27.7 Å². The van der Waals surface area contributed by atoms with Crippen LogP contribution in [-0.4, -0.2) is 35.6 Å². The fourth-order valence-electron chi connectivity index (χ4n) is 3.16. The molecule has 1 aliphatic carbocycles. The van der Waals surface area contributed by atoms with Crippen LogP contribution in [0.2, 0.25) is 0 Å². The Hall–Kier alpha value is -0.570. The van der Waals surface area contributed by atoms with Crippen molar-refractivity contribution < 1.29 is 9.90 Å². The Kier molecular flexibility index (Phi) is 2.57. The third-order valence-corrected chi connectivity index (χ3v) is 5.28. The van der Waals surface area contributed by atoms with Crippen molar-refractivity contribution in [2.24, 2.45) is 22.7 Å². The highest BCUT2D eigenvalue weighted by atomic mass is 16.3. The molecule has 0 aromatic heterocycles. The smallest absolute Gasteiger partial charge is 0.223 e. The summed E-state index contributed by atoms with van der Waals surface area (Å²) in [5.41, 5.74) is 0.676. The summed E-state index contributed by atoms with van der Waals surface area (Å²) in [6.45, 7) is 10.9. The zero-order chi connectivity index (χ0) is 12.1. The van der Waals surface area contributed by atoms with Crippen LogP contribution in [0, 0.1) is 22.7 Å². The van der Waals surface area contributed by atoms with Crippen LogP contribution in [-0.2, 0) is 4.79 Å². The first-order valence-corrected chi connectivity index (χ1v) is 6.19. The van der Waals surface area contributed by atoms with Gasteiger partial charge in [0.05, 0.1) is 0 Å². The second kappa shape index (κ2) is 3.46. The standard InChI is InChI=1S/C13H23NO2/c1-12(2)10(13(12,3)4)7-14-6-9(8-15)5-11(14)16/h9-10,15H,5-8H2,1-4H3. The summed E-state index contributed by atoms with van der Waals surface area (Å²) in [6.07, 6.45) is 0.532. The van der Waals surface area contributed by atoms with Crippen LogP contribution < -0.4 is 0 Å². The SMILES string of the molecule is CC1(C)C(CN2CC(CO)CC2=O)C1(C)C. The average molecular weight is 225 g/mol. The fourth-order valence-corrected chi connectivity index (χ4v) is 3.16. The number of carbonyl (C=O) groups is 1. The summed E-state index contributed by atoms with van der Waals surface area (Å²) < 4.78 is 0. The van der Waals surface area contributed by atoms with E-state index < -0.39 is 0 Å². The fraction of sp³-hybridized carbons (Fsp3) is 0.923. The second-order valence-corrected chi connectivity index (χ2v) is 6.55. The molecule has 1 aliphatic heterocycles. The summed E-state index contributed by atoms with van der Waals surface area (Å²) >= 11 is 0. The van der Waals surface area contributed by atoms with Crippen molar-refractivity contribution in [1.29, 1.82) is 0 Å². The van der Waals surface area contributed by atoms with Crippen molar-refractivity contribution in [1.82, 2.24) is 4.90 Å². The van der Waals surface area contributed by atoms with Crippen LogP contribution in [0.25, 0.3) is 0 Å². The highest BCUT2D eigenvalue weighted by molar-refractivity contribution is 5.78. The zero-order valence-electron chi connectivity index (χ0n) is 10.8. The van der Waals surface area contributed by atoms with Gasteiger partial charge in [-0.25, -0.2) is 0 Å². The van der Waals surface area contributed by atoms with Gasteiger partial charge in [0.25, 0.3) is 0 Å². The van der Waals surface area contributed by atoms with Crippen molar-refractivity contribution in [3.05, 3.63) is 0 Å². The van der Waals surface area contributed by atoms with Crippen LogP contribution in [0.5, 0.6) is 0 Å². The molecule has 1 N–H and O–H groups in total. The minimum absolute atomic E-state index is 0.139. The summed E-state index contributed by atoms with van der Waals surface area (Å²) in [7, 11) is 0. The number of carbonyl (C=O) groups excluding carboxylic acids is 1. The van der Waals surface area contributed by atoms with Gasteiger partial charge >= 0.3 is 0 Å². The lowest BCUT2D eigenvalue weighted by atomic mass is 10.0. The van der Waals surface area contributed by atoms with E-state index in [1.807, 2.05) is 4.90 Å². The summed E-state index contributed by atoms with van der Waals surface area (Å²) in [6, 6.07) is 0. The maximum absolute atomic E-state index is 11.7. The van der Waals surface area contributed by atoms with E-state index >= 15 is 0 Å². The molecule has 0 bridgehead atoms. The third kappa shape index (κ3) is 1.56. The van der Waals surface area contributed by atoms with Gasteiger partial charge in [-0.3, -0.25) is 4.79 Å². The van der Waals surface area contributed by atoms with E-state index in [0.717, 1.165) is 13.1 Å². The monoisotopic (exact) mass is 225 g/mol. The third-order valence-electron chi connectivity index (χ3n) is 5.28. The molecule has 0 aromatic rings. The molecular formula is C13H23NO2. The molecule has 0 spiro atoms. The topological polar surface area (TPSA) is 40.5 Å². The first-order chi connectivity index (χ1) is 7.30. The molecule has 92 valence electrons. The molecule has 2 aliphatic rings. The molecule has 1 saturated heterocycles. The minimum atomic E-state index is 0.139. The molecule has 2 rings (SSSR count). The first-order valence-electron chi connectivity index (χ1n) is 6.19. The lowest BCUT2D eigenvalue weighted by Gasteiger charge is -2.17. The lowest BCUT2D eigenvalue weighted by molar-refractivity contribution is -0.128. The first kappa shape index (κ1) is 11.9. The summed E-state index contributed by atoms with van der Waals surface area (Å²) in [4.78, 5) is 13.7. The van der Waals surface area contributed by atoms with Gasteiger partial charge in [-0.15, -0.1) is 0 Å². The average Bonchev–Trinajstić information content (AvgIpc) is 2.50. The molecule has 1 atom stereocenters. The summed E-state index contributed by atoms with van der Waals surface area (Å²) in [5, 5.41) is 9.08. The Bertz CT molecular complexity index is 295.